The van der Waals surface area contributed by atoms with Crippen LogP contribution in [0.25, 0.3) is 0 Å². The van der Waals surface area contributed by atoms with Crippen LogP contribution in [0.15, 0.2) is 24.3 Å². The lowest BCUT2D eigenvalue weighted by molar-refractivity contribution is 0.167. The molecule has 0 saturated heterocycles. The Morgan fingerprint density at radius 1 is 1.14 bits per heavy atom. The van der Waals surface area contributed by atoms with Gasteiger partial charge in [0.25, 0.3) is 0 Å². The molecule has 22 heavy (non-hydrogen) atoms. The van der Waals surface area contributed by atoms with Crippen LogP contribution in [0.1, 0.15) is 76.5 Å². The average Bonchev–Trinajstić information content (AvgIpc) is 2.51. The Morgan fingerprint density at radius 3 is 2.41 bits per heavy atom. The van der Waals surface area contributed by atoms with Gasteiger partial charge in [-0.25, -0.2) is 0 Å². The van der Waals surface area contributed by atoms with E-state index < -0.39 is 0 Å². The van der Waals surface area contributed by atoms with E-state index in [1.165, 1.54) is 37.7 Å². The molecule has 2 N–H and O–H groups in total. The van der Waals surface area contributed by atoms with Crippen molar-refractivity contribution in [1.29, 1.82) is 0 Å². The van der Waals surface area contributed by atoms with Crippen molar-refractivity contribution >= 4 is 0 Å². The van der Waals surface area contributed by atoms with Crippen LogP contribution >= 0.6 is 0 Å². The number of aliphatic hydroxyl groups excluding tert-OH is 1. The van der Waals surface area contributed by atoms with Crippen LogP contribution in [0.2, 0.25) is 0 Å². The van der Waals surface area contributed by atoms with Crippen LogP contribution < -0.4 is 5.32 Å². The molecule has 1 aromatic carbocycles. The number of aryl methyl sites for hydroxylation is 1. The fraction of sp³-hybridized carbons (Fsp3) is 0.700. The van der Waals surface area contributed by atoms with E-state index in [4.69, 9.17) is 0 Å². The molecule has 0 aromatic heterocycles. The standard InChI is InChI=1S/C20H35NO/c1-5-12-20(3,13-6-2)14-10-17-8-7-9-18(16-17)19(22)11-15-21-4/h7-9,16,19,21-22H,5-6,10-15H2,1-4H3/t19-/m1/s1. The summed E-state index contributed by atoms with van der Waals surface area (Å²) in [4.78, 5) is 0. The van der Waals surface area contributed by atoms with Gasteiger partial charge in [-0.1, -0.05) is 57.9 Å². The average molecular weight is 306 g/mol. The molecule has 0 unspecified atom stereocenters. The molecular formula is C20H35NO. The molecule has 0 bridgehead atoms. The Kier molecular flexibility index (Phi) is 8.74. The molecule has 126 valence electrons. The van der Waals surface area contributed by atoms with Crippen molar-refractivity contribution in [2.45, 2.75) is 71.8 Å². The van der Waals surface area contributed by atoms with Gasteiger partial charge in [0, 0.05) is 0 Å². The second kappa shape index (κ2) is 10.0. The minimum atomic E-state index is -0.356. The molecule has 1 rings (SSSR count). The highest BCUT2D eigenvalue weighted by Gasteiger charge is 2.22. The topological polar surface area (TPSA) is 32.3 Å². The molecule has 0 saturated carbocycles. The maximum atomic E-state index is 10.2. The van der Waals surface area contributed by atoms with Gasteiger partial charge in [-0.15, -0.1) is 0 Å². The Hall–Kier alpha value is -0.860. The summed E-state index contributed by atoms with van der Waals surface area (Å²) in [7, 11) is 1.92. The lowest BCUT2D eigenvalue weighted by Gasteiger charge is -2.29. The Bertz CT molecular complexity index is 410. The van der Waals surface area contributed by atoms with E-state index in [-0.39, 0.29) is 6.10 Å². The number of hydrogen-bond acceptors (Lipinski definition) is 2. The van der Waals surface area contributed by atoms with Crippen LogP contribution in [0.4, 0.5) is 0 Å². The SMILES string of the molecule is CCCC(C)(CCC)CCc1cccc([C@H](O)CCNC)c1. The lowest BCUT2D eigenvalue weighted by atomic mass is 9.76. The van der Waals surface area contributed by atoms with E-state index in [0.29, 0.717) is 5.41 Å². The second-order valence-corrected chi connectivity index (χ2v) is 6.96. The van der Waals surface area contributed by atoms with Crippen molar-refractivity contribution < 1.29 is 5.11 Å². The van der Waals surface area contributed by atoms with E-state index in [1.807, 2.05) is 13.1 Å². The van der Waals surface area contributed by atoms with Gasteiger partial charge in [0.1, 0.15) is 0 Å². The van der Waals surface area contributed by atoms with Crippen LogP contribution in [-0.2, 0) is 6.42 Å². The normalized spacial score (nSPS) is 13.3. The molecule has 0 aliphatic heterocycles. The van der Waals surface area contributed by atoms with Gasteiger partial charge in [-0.3, -0.25) is 0 Å². The van der Waals surface area contributed by atoms with Crippen molar-refractivity contribution in [1.82, 2.24) is 5.32 Å². The zero-order valence-corrected chi connectivity index (χ0v) is 15.0. The monoisotopic (exact) mass is 305 g/mol. The molecule has 2 heteroatoms. The van der Waals surface area contributed by atoms with E-state index in [0.717, 1.165) is 24.9 Å². The first-order valence-corrected chi connectivity index (χ1v) is 8.96. The van der Waals surface area contributed by atoms with Crippen LogP contribution in [0.3, 0.4) is 0 Å². The number of hydrogen-bond donors (Lipinski definition) is 2. The van der Waals surface area contributed by atoms with E-state index >= 15 is 0 Å². The molecular weight excluding hydrogens is 270 g/mol. The lowest BCUT2D eigenvalue weighted by Crippen LogP contribution is -2.17. The van der Waals surface area contributed by atoms with E-state index in [9.17, 15) is 5.11 Å². The summed E-state index contributed by atoms with van der Waals surface area (Å²) in [6.45, 7) is 7.85. The van der Waals surface area contributed by atoms with Gasteiger partial charge in [-0.05, 0) is 62.2 Å². The van der Waals surface area contributed by atoms with Crippen molar-refractivity contribution in [2.24, 2.45) is 5.41 Å². The van der Waals surface area contributed by atoms with Crippen LogP contribution in [-0.4, -0.2) is 18.7 Å². The molecule has 0 aliphatic carbocycles. The number of benzene rings is 1. The maximum Gasteiger partial charge on any atom is 0.0802 e. The number of nitrogens with one attached hydrogen (secondary N) is 1. The molecule has 1 aromatic rings. The summed E-state index contributed by atoms with van der Waals surface area (Å²) < 4.78 is 0. The number of rotatable bonds is 11. The van der Waals surface area contributed by atoms with Gasteiger partial charge in [-0.2, -0.15) is 0 Å². The van der Waals surface area contributed by atoms with Gasteiger partial charge in [0.05, 0.1) is 6.10 Å². The van der Waals surface area contributed by atoms with Gasteiger partial charge in [0.15, 0.2) is 0 Å². The Labute approximate surface area is 137 Å². The third-order valence-corrected chi connectivity index (χ3v) is 4.73. The highest BCUT2D eigenvalue weighted by atomic mass is 16.3. The summed E-state index contributed by atoms with van der Waals surface area (Å²) in [6.07, 6.45) is 7.91. The predicted octanol–water partition coefficient (Wildman–Crippen LogP) is 4.87. The Balaban J connectivity index is 2.65. The fourth-order valence-electron chi connectivity index (χ4n) is 3.43. The first-order valence-electron chi connectivity index (χ1n) is 8.96. The van der Waals surface area contributed by atoms with Crippen molar-refractivity contribution in [2.75, 3.05) is 13.6 Å². The highest BCUT2D eigenvalue weighted by molar-refractivity contribution is 5.25. The molecule has 0 amide bonds. The third-order valence-electron chi connectivity index (χ3n) is 4.73. The smallest absolute Gasteiger partial charge is 0.0802 e. The fourth-order valence-corrected chi connectivity index (χ4v) is 3.43. The Morgan fingerprint density at radius 2 is 1.82 bits per heavy atom. The van der Waals surface area contributed by atoms with Crippen LogP contribution in [0.5, 0.6) is 0 Å². The zero-order valence-electron chi connectivity index (χ0n) is 15.0. The van der Waals surface area contributed by atoms with Crippen molar-refractivity contribution in [3.8, 4) is 0 Å². The second-order valence-electron chi connectivity index (χ2n) is 6.96. The van der Waals surface area contributed by atoms with Gasteiger partial charge >= 0.3 is 0 Å². The van der Waals surface area contributed by atoms with Crippen molar-refractivity contribution in [3.05, 3.63) is 35.4 Å². The minimum Gasteiger partial charge on any atom is -0.388 e. The summed E-state index contributed by atoms with van der Waals surface area (Å²) in [6, 6.07) is 8.52. The molecule has 0 fully saturated rings. The molecule has 1 atom stereocenters. The van der Waals surface area contributed by atoms with Gasteiger partial charge in [0.2, 0.25) is 0 Å². The molecule has 0 spiro atoms. The summed E-state index contributed by atoms with van der Waals surface area (Å²) >= 11 is 0. The summed E-state index contributed by atoms with van der Waals surface area (Å²) in [5, 5.41) is 13.3. The molecule has 0 heterocycles. The first kappa shape index (κ1) is 19.2. The molecule has 2 nitrogen and oxygen atoms in total. The predicted molar refractivity (Wildman–Crippen MR) is 96.2 cm³/mol. The van der Waals surface area contributed by atoms with Crippen molar-refractivity contribution in [3.63, 3.8) is 0 Å². The van der Waals surface area contributed by atoms with Crippen LogP contribution in [0, 0.1) is 5.41 Å². The molecule has 0 aliphatic rings. The zero-order chi connectivity index (χ0) is 16.4. The third kappa shape index (κ3) is 6.50. The highest BCUT2D eigenvalue weighted by Crippen LogP contribution is 2.34. The first-order chi connectivity index (χ1) is 10.5. The summed E-state index contributed by atoms with van der Waals surface area (Å²) in [5.41, 5.74) is 2.88. The maximum absolute atomic E-state index is 10.2. The van der Waals surface area contributed by atoms with E-state index in [1.54, 1.807) is 0 Å². The summed E-state index contributed by atoms with van der Waals surface area (Å²) in [5.74, 6) is 0. The van der Waals surface area contributed by atoms with Gasteiger partial charge < -0.3 is 10.4 Å². The minimum absolute atomic E-state index is 0.356. The van der Waals surface area contributed by atoms with E-state index in [2.05, 4.69) is 44.3 Å². The quantitative estimate of drug-likeness (QED) is 0.611. The number of aliphatic hydroxyl groups is 1. The molecule has 0 radical (unpaired) electrons. The largest absolute Gasteiger partial charge is 0.388 e.